The van der Waals surface area contributed by atoms with Gasteiger partial charge >= 0.3 is 0 Å². The van der Waals surface area contributed by atoms with Gasteiger partial charge in [0.05, 0.1) is 0 Å². The van der Waals surface area contributed by atoms with E-state index in [1.165, 1.54) is 22.3 Å². The van der Waals surface area contributed by atoms with Crippen LogP contribution in [0.2, 0.25) is 0 Å². The van der Waals surface area contributed by atoms with Gasteiger partial charge in [0.1, 0.15) is 36.6 Å². The molecule has 1 heterocycles. The molecule has 0 aromatic heterocycles. The van der Waals surface area contributed by atoms with Crippen molar-refractivity contribution in [2.24, 2.45) is 5.92 Å². The normalized spacial score (nSPS) is 20.9. The van der Waals surface area contributed by atoms with Gasteiger partial charge in [0.2, 0.25) is 0 Å². The average Bonchev–Trinajstić information content (AvgIpc) is 3.40. The fraction of sp³-hybridized carbons (Fsp3) is 0.257. The highest BCUT2D eigenvalue weighted by atomic mass is 16.5. The van der Waals surface area contributed by atoms with Gasteiger partial charge in [-0.3, -0.25) is 0 Å². The summed E-state index contributed by atoms with van der Waals surface area (Å²) in [5.41, 5.74) is 6.37. The highest BCUT2D eigenvalue weighted by molar-refractivity contribution is 5.48. The van der Waals surface area contributed by atoms with E-state index in [0.717, 1.165) is 36.5 Å². The number of hydrogen-bond acceptors (Lipinski definition) is 3. The molecule has 2 aliphatic rings. The molecule has 0 amide bonds. The first-order valence-corrected chi connectivity index (χ1v) is 13.7. The molecule has 0 bridgehead atoms. The predicted molar refractivity (Wildman–Crippen MR) is 152 cm³/mol. The molecule has 1 saturated carbocycles. The van der Waals surface area contributed by atoms with Crippen LogP contribution in [0.4, 0.5) is 0 Å². The Bertz CT molecular complexity index is 1380. The standard InChI is InChI=1S/C35H34O3/c1-2-9-27-20-31-32-22-30(37-24-26-12-7-4-8-13-26)18-19-34(32)38-35(33(31)21-27)28-14-16-29(17-15-28)36-23-25-10-5-3-6-11-25/h3-19,22,31,33,35H,2,20-21,23-24H2,1H3/b27-9-/t31-,33-,35-/m0/s1. The lowest BCUT2D eigenvalue weighted by Crippen LogP contribution is -2.26. The molecular weight excluding hydrogens is 468 g/mol. The molecule has 192 valence electrons. The summed E-state index contributed by atoms with van der Waals surface area (Å²) in [6.07, 6.45) is 5.66. The van der Waals surface area contributed by atoms with Crippen LogP contribution >= 0.6 is 0 Å². The second-order valence-electron chi connectivity index (χ2n) is 10.3. The Morgan fingerprint density at radius 2 is 1.37 bits per heavy atom. The summed E-state index contributed by atoms with van der Waals surface area (Å²) in [4.78, 5) is 0. The first kappa shape index (κ1) is 24.4. The van der Waals surface area contributed by atoms with Gasteiger partial charge in [0.25, 0.3) is 0 Å². The van der Waals surface area contributed by atoms with Gasteiger partial charge < -0.3 is 14.2 Å². The van der Waals surface area contributed by atoms with E-state index in [4.69, 9.17) is 14.2 Å². The highest BCUT2D eigenvalue weighted by Crippen LogP contribution is 2.56. The molecule has 38 heavy (non-hydrogen) atoms. The van der Waals surface area contributed by atoms with Crippen molar-refractivity contribution in [2.45, 2.75) is 51.4 Å². The highest BCUT2D eigenvalue weighted by Gasteiger charge is 2.43. The summed E-state index contributed by atoms with van der Waals surface area (Å²) in [6.45, 7) is 3.36. The Morgan fingerprint density at radius 3 is 2.03 bits per heavy atom. The van der Waals surface area contributed by atoms with Crippen LogP contribution in [0.15, 0.2) is 115 Å². The van der Waals surface area contributed by atoms with E-state index in [1.807, 2.05) is 42.5 Å². The van der Waals surface area contributed by atoms with Crippen LogP contribution < -0.4 is 14.2 Å². The molecule has 0 radical (unpaired) electrons. The van der Waals surface area contributed by atoms with Crippen LogP contribution in [-0.4, -0.2) is 0 Å². The Balaban J connectivity index is 1.22. The van der Waals surface area contributed by atoms with E-state index in [9.17, 15) is 0 Å². The fourth-order valence-electron chi connectivity index (χ4n) is 5.86. The molecule has 1 fully saturated rings. The van der Waals surface area contributed by atoms with Crippen LogP contribution in [0.25, 0.3) is 0 Å². The molecule has 6 rings (SSSR count). The summed E-state index contributed by atoms with van der Waals surface area (Å²) in [5.74, 6) is 3.59. The fourth-order valence-corrected chi connectivity index (χ4v) is 5.86. The minimum absolute atomic E-state index is 0.0227. The summed E-state index contributed by atoms with van der Waals surface area (Å²) in [7, 11) is 0. The maximum Gasteiger partial charge on any atom is 0.127 e. The molecule has 3 heteroatoms. The molecule has 1 aliphatic heterocycles. The van der Waals surface area contributed by atoms with E-state index >= 15 is 0 Å². The summed E-state index contributed by atoms with van der Waals surface area (Å²) < 4.78 is 18.9. The third kappa shape index (κ3) is 5.33. The largest absolute Gasteiger partial charge is 0.489 e. The van der Waals surface area contributed by atoms with E-state index in [-0.39, 0.29) is 6.10 Å². The lowest BCUT2D eigenvalue weighted by atomic mass is 9.80. The van der Waals surface area contributed by atoms with Crippen LogP contribution in [0, 0.1) is 5.92 Å². The number of allylic oxidation sites excluding steroid dienone is 2. The molecular formula is C35H34O3. The quantitative estimate of drug-likeness (QED) is 0.225. The third-order valence-electron chi connectivity index (χ3n) is 7.72. The van der Waals surface area contributed by atoms with Crippen molar-refractivity contribution in [3.63, 3.8) is 0 Å². The van der Waals surface area contributed by atoms with Crippen molar-refractivity contribution in [2.75, 3.05) is 0 Å². The molecule has 1 aliphatic carbocycles. The van der Waals surface area contributed by atoms with Gasteiger partial charge in [-0.25, -0.2) is 0 Å². The lowest BCUT2D eigenvalue weighted by molar-refractivity contribution is 0.104. The number of benzene rings is 4. The zero-order valence-electron chi connectivity index (χ0n) is 21.9. The maximum atomic E-state index is 6.72. The van der Waals surface area contributed by atoms with Gasteiger partial charge in [-0.2, -0.15) is 0 Å². The van der Waals surface area contributed by atoms with Gasteiger partial charge in [0.15, 0.2) is 0 Å². The van der Waals surface area contributed by atoms with Crippen molar-refractivity contribution >= 4 is 0 Å². The Morgan fingerprint density at radius 1 is 0.737 bits per heavy atom. The monoisotopic (exact) mass is 502 g/mol. The van der Waals surface area contributed by atoms with Crippen molar-refractivity contribution in [1.29, 1.82) is 0 Å². The summed E-state index contributed by atoms with van der Waals surface area (Å²) in [6, 6.07) is 35.4. The van der Waals surface area contributed by atoms with Crippen LogP contribution in [0.1, 0.15) is 60.5 Å². The topological polar surface area (TPSA) is 27.7 Å². The first-order valence-electron chi connectivity index (χ1n) is 13.7. The molecule has 4 aromatic rings. The SMILES string of the molecule is CC/C=C1\C[C@H]2[C@@H](C1)c1cc(OCc3ccccc3)ccc1O[C@H]2c1ccc(OCc2ccccc2)cc1. The number of ether oxygens (including phenoxy) is 3. The van der Waals surface area contributed by atoms with E-state index in [1.54, 1.807) is 5.57 Å². The first-order chi connectivity index (χ1) is 18.8. The van der Waals surface area contributed by atoms with Gasteiger partial charge in [-0.05, 0) is 72.2 Å². The predicted octanol–water partition coefficient (Wildman–Crippen LogP) is 8.81. The maximum absolute atomic E-state index is 6.72. The minimum atomic E-state index is 0.0227. The van der Waals surface area contributed by atoms with Crippen molar-refractivity contribution in [3.8, 4) is 17.2 Å². The zero-order valence-corrected chi connectivity index (χ0v) is 21.9. The Hall–Kier alpha value is -3.98. The summed E-state index contributed by atoms with van der Waals surface area (Å²) >= 11 is 0. The molecule has 0 saturated heterocycles. The van der Waals surface area contributed by atoms with Crippen molar-refractivity contribution in [3.05, 3.63) is 137 Å². The van der Waals surface area contributed by atoms with E-state index < -0.39 is 0 Å². The number of hydrogen-bond donors (Lipinski definition) is 0. The Kier molecular flexibility index (Phi) is 7.17. The van der Waals surface area contributed by atoms with Crippen molar-refractivity contribution < 1.29 is 14.2 Å². The zero-order chi connectivity index (χ0) is 25.7. The molecule has 4 aromatic carbocycles. The Labute approximate surface area is 225 Å². The van der Waals surface area contributed by atoms with Gasteiger partial charge in [-0.15, -0.1) is 0 Å². The third-order valence-corrected chi connectivity index (χ3v) is 7.72. The van der Waals surface area contributed by atoms with Gasteiger partial charge in [-0.1, -0.05) is 91.4 Å². The molecule has 0 unspecified atom stereocenters. The van der Waals surface area contributed by atoms with E-state index in [0.29, 0.717) is 25.0 Å². The smallest absolute Gasteiger partial charge is 0.127 e. The van der Waals surface area contributed by atoms with Crippen molar-refractivity contribution in [1.82, 2.24) is 0 Å². The molecule has 3 atom stereocenters. The second kappa shape index (κ2) is 11.2. The van der Waals surface area contributed by atoms with Crippen LogP contribution in [0.5, 0.6) is 17.2 Å². The minimum Gasteiger partial charge on any atom is -0.489 e. The second-order valence-corrected chi connectivity index (χ2v) is 10.3. The molecule has 3 nitrogen and oxygen atoms in total. The lowest BCUT2D eigenvalue weighted by Gasteiger charge is -2.36. The van der Waals surface area contributed by atoms with E-state index in [2.05, 4.69) is 73.7 Å². The molecule has 0 spiro atoms. The number of fused-ring (bicyclic) bond motifs is 3. The van der Waals surface area contributed by atoms with Crippen LogP contribution in [0.3, 0.4) is 0 Å². The summed E-state index contributed by atoms with van der Waals surface area (Å²) in [5, 5.41) is 0. The molecule has 0 N–H and O–H groups in total. The average molecular weight is 503 g/mol. The van der Waals surface area contributed by atoms with Gasteiger partial charge in [0, 0.05) is 11.5 Å². The van der Waals surface area contributed by atoms with Crippen LogP contribution in [-0.2, 0) is 13.2 Å². The number of rotatable bonds is 8.